The number of ether oxygens (including phenoxy) is 1. The number of hydrogen-bond donors (Lipinski definition) is 0. The van der Waals surface area contributed by atoms with Crippen molar-refractivity contribution in [2.75, 3.05) is 6.54 Å². The van der Waals surface area contributed by atoms with E-state index in [4.69, 9.17) is 4.74 Å². The van der Waals surface area contributed by atoms with Crippen molar-refractivity contribution in [2.45, 2.75) is 13.8 Å². The minimum atomic E-state index is -0.340. The Morgan fingerprint density at radius 1 is 1.20 bits per heavy atom. The molecule has 0 spiro atoms. The lowest BCUT2D eigenvalue weighted by Crippen LogP contribution is -2.38. The third-order valence-electron chi connectivity index (χ3n) is 3.47. The first-order valence-electron chi connectivity index (χ1n) is 6.78. The monoisotopic (exact) mass is 267 g/mol. The van der Waals surface area contributed by atoms with Crippen molar-refractivity contribution < 1.29 is 9.53 Å². The van der Waals surface area contributed by atoms with Gasteiger partial charge in [-0.3, -0.25) is 4.90 Å². The molecular formula is C17H17NO2. The first kappa shape index (κ1) is 12.7. The molecule has 0 unspecified atom stereocenters. The van der Waals surface area contributed by atoms with Gasteiger partial charge in [-0.2, -0.15) is 0 Å². The summed E-state index contributed by atoms with van der Waals surface area (Å²) in [6.45, 7) is 8.82. The Hall–Kier alpha value is -2.29. The van der Waals surface area contributed by atoms with Crippen molar-refractivity contribution >= 4 is 22.6 Å². The summed E-state index contributed by atoms with van der Waals surface area (Å²) in [6.07, 6.45) is -0.340. The summed E-state index contributed by atoms with van der Waals surface area (Å²) in [6, 6.07) is 11.9. The Morgan fingerprint density at radius 3 is 2.70 bits per heavy atom. The zero-order valence-corrected chi connectivity index (χ0v) is 11.7. The van der Waals surface area contributed by atoms with E-state index in [1.54, 1.807) is 4.90 Å². The molecule has 0 N–H and O–H groups in total. The average molecular weight is 267 g/mol. The van der Waals surface area contributed by atoms with Gasteiger partial charge in [-0.1, -0.05) is 50.8 Å². The Labute approximate surface area is 118 Å². The van der Waals surface area contributed by atoms with Gasteiger partial charge in [0.25, 0.3) is 0 Å². The first-order chi connectivity index (χ1) is 9.58. The molecule has 0 saturated heterocycles. The van der Waals surface area contributed by atoms with Gasteiger partial charge in [-0.05, 0) is 17.4 Å². The standard InChI is InChI=1S/C17H17NO2/c1-11(2)10-18-12(3)14-9-8-13-6-4-5-7-15(13)16(14)20-17(18)19/h4-9,11H,3,10H2,1-2H3. The minimum Gasteiger partial charge on any atom is -0.409 e. The van der Waals surface area contributed by atoms with Crippen LogP contribution in [0.5, 0.6) is 5.75 Å². The van der Waals surface area contributed by atoms with Crippen LogP contribution in [-0.2, 0) is 0 Å². The fourth-order valence-electron chi connectivity index (χ4n) is 2.53. The molecule has 1 aliphatic rings. The second-order valence-electron chi connectivity index (χ2n) is 5.48. The number of amides is 1. The van der Waals surface area contributed by atoms with Gasteiger partial charge in [0, 0.05) is 17.5 Å². The molecule has 1 aliphatic heterocycles. The first-order valence-corrected chi connectivity index (χ1v) is 6.78. The van der Waals surface area contributed by atoms with Crippen LogP contribution in [0.2, 0.25) is 0 Å². The molecule has 3 nitrogen and oxygen atoms in total. The predicted octanol–water partition coefficient (Wildman–Crippen LogP) is 4.28. The van der Waals surface area contributed by atoms with Crippen LogP contribution in [0, 0.1) is 5.92 Å². The van der Waals surface area contributed by atoms with E-state index in [0.29, 0.717) is 18.2 Å². The molecule has 20 heavy (non-hydrogen) atoms. The molecule has 1 amide bonds. The van der Waals surface area contributed by atoms with Crippen molar-refractivity contribution in [1.82, 2.24) is 4.90 Å². The van der Waals surface area contributed by atoms with Crippen LogP contribution in [0.3, 0.4) is 0 Å². The maximum atomic E-state index is 12.2. The molecule has 2 aromatic carbocycles. The molecule has 0 aliphatic carbocycles. The lowest BCUT2D eigenvalue weighted by Gasteiger charge is -2.31. The number of carbonyl (C=O) groups excluding carboxylic acids is 1. The highest BCUT2D eigenvalue weighted by Gasteiger charge is 2.29. The third-order valence-corrected chi connectivity index (χ3v) is 3.47. The topological polar surface area (TPSA) is 29.5 Å². The zero-order valence-electron chi connectivity index (χ0n) is 11.7. The lowest BCUT2D eigenvalue weighted by molar-refractivity contribution is 0.165. The summed E-state index contributed by atoms with van der Waals surface area (Å²) in [5.74, 6) is 0.986. The molecule has 1 heterocycles. The third kappa shape index (κ3) is 1.95. The number of carbonyl (C=O) groups is 1. The zero-order chi connectivity index (χ0) is 14.3. The molecular weight excluding hydrogens is 250 g/mol. The number of hydrogen-bond acceptors (Lipinski definition) is 2. The number of nitrogens with zero attached hydrogens (tertiary/aromatic N) is 1. The van der Waals surface area contributed by atoms with Gasteiger partial charge < -0.3 is 4.74 Å². The highest BCUT2D eigenvalue weighted by molar-refractivity contribution is 5.99. The summed E-state index contributed by atoms with van der Waals surface area (Å²) in [7, 11) is 0. The van der Waals surface area contributed by atoms with Gasteiger partial charge in [-0.15, -0.1) is 0 Å². The summed E-state index contributed by atoms with van der Waals surface area (Å²) < 4.78 is 5.56. The highest BCUT2D eigenvalue weighted by atomic mass is 16.6. The molecule has 3 heteroatoms. The van der Waals surface area contributed by atoms with Crippen LogP contribution < -0.4 is 4.74 Å². The highest BCUT2D eigenvalue weighted by Crippen LogP contribution is 2.38. The van der Waals surface area contributed by atoms with Crippen LogP contribution in [0.25, 0.3) is 16.5 Å². The second kappa shape index (κ2) is 4.67. The number of rotatable bonds is 2. The lowest BCUT2D eigenvalue weighted by atomic mass is 10.0. The Balaban J connectivity index is 2.13. The van der Waals surface area contributed by atoms with E-state index in [1.807, 2.05) is 36.4 Å². The Morgan fingerprint density at radius 2 is 1.95 bits per heavy atom. The van der Waals surface area contributed by atoms with E-state index in [2.05, 4.69) is 20.4 Å². The summed E-state index contributed by atoms with van der Waals surface area (Å²) in [5.41, 5.74) is 1.61. The Bertz CT molecular complexity index is 703. The van der Waals surface area contributed by atoms with Crippen molar-refractivity contribution in [2.24, 2.45) is 5.92 Å². The minimum absolute atomic E-state index is 0.340. The quantitative estimate of drug-likeness (QED) is 0.812. The summed E-state index contributed by atoms with van der Waals surface area (Å²) >= 11 is 0. The SMILES string of the molecule is C=C1c2ccc3ccccc3c2OC(=O)N1CC(C)C. The fraction of sp³-hybridized carbons (Fsp3) is 0.235. The smallest absolute Gasteiger partial charge is 0.409 e. The number of fused-ring (bicyclic) bond motifs is 3. The van der Waals surface area contributed by atoms with E-state index in [0.717, 1.165) is 22.0 Å². The average Bonchev–Trinajstić information content (AvgIpc) is 2.43. The van der Waals surface area contributed by atoms with Crippen LogP contribution in [-0.4, -0.2) is 17.5 Å². The van der Waals surface area contributed by atoms with Crippen LogP contribution in [0.4, 0.5) is 4.79 Å². The van der Waals surface area contributed by atoms with Gasteiger partial charge in [0.05, 0.1) is 5.70 Å². The largest absolute Gasteiger partial charge is 0.419 e. The van der Waals surface area contributed by atoms with E-state index in [9.17, 15) is 4.79 Å². The molecule has 0 aromatic heterocycles. The van der Waals surface area contributed by atoms with Crippen molar-refractivity contribution in [3.8, 4) is 5.75 Å². The predicted molar refractivity (Wildman–Crippen MR) is 80.6 cm³/mol. The van der Waals surface area contributed by atoms with Gasteiger partial charge in [0.15, 0.2) is 0 Å². The van der Waals surface area contributed by atoms with Crippen molar-refractivity contribution in [1.29, 1.82) is 0 Å². The van der Waals surface area contributed by atoms with Crippen LogP contribution in [0.1, 0.15) is 19.4 Å². The molecule has 3 rings (SSSR count). The molecule has 0 saturated carbocycles. The molecule has 0 fully saturated rings. The van der Waals surface area contributed by atoms with E-state index in [-0.39, 0.29) is 6.09 Å². The van der Waals surface area contributed by atoms with Crippen LogP contribution >= 0.6 is 0 Å². The van der Waals surface area contributed by atoms with Crippen LogP contribution in [0.15, 0.2) is 43.0 Å². The normalized spacial score (nSPS) is 14.7. The summed E-state index contributed by atoms with van der Waals surface area (Å²) in [5, 5.41) is 2.01. The van der Waals surface area contributed by atoms with Crippen molar-refractivity contribution in [3.63, 3.8) is 0 Å². The van der Waals surface area contributed by atoms with Gasteiger partial charge >= 0.3 is 6.09 Å². The maximum Gasteiger partial charge on any atom is 0.419 e. The molecule has 0 radical (unpaired) electrons. The van der Waals surface area contributed by atoms with Gasteiger partial charge in [0.1, 0.15) is 5.75 Å². The molecule has 2 aromatic rings. The summed E-state index contributed by atoms with van der Waals surface area (Å²) in [4.78, 5) is 13.8. The van der Waals surface area contributed by atoms with E-state index < -0.39 is 0 Å². The molecule has 0 bridgehead atoms. The molecule has 102 valence electrons. The molecule has 0 atom stereocenters. The van der Waals surface area contributed by atoms with Gasteiger partial charge in [0.2, 0.25) is 0 Å². The maximum absolute atomic E-state index is 12.2. The fourth-order valence-corrected chi connectivity index (χ4v) is 2.53. The Kier molecular flexibility index (Phi) is 2.97. The second-order valence-corrected chi connectivity index (χ2v) is 5.48. The number of benzene rings is 2. The van der Waals surface area contributed by atoms with E-state index >= 15 is 0 Å². The van der Waals surface area contributed by atoms with Gasteiger partial charge in [-0.25, -0.2) is 4.79 Å². The van der Waals surface area contributed by atoms with Crippen molar-refractivity contribution in [3.05, 3.63) is 48.5 Å². The van der Waals surface area contributed by atoms with E-state index in [1.165, 1.54) is 0 Å².